The lowest BCUT2D eigenvalue weighted by atomic mass is 10.0. The minimum atomic E-state index is -0.589. The van der Waals surface area contributed by atoms with E-state index in [2.05, 4.69) is 15.5 Å². The highest BCUT2D eigenvalue weighted by atomic mass is 32.2. The number of aliphatic hydroxyl groups excluding tert-OH is 1. The number of rotatable bonds is 14. The van der Waals surface area contributed by atoms with E-state index in [0.717, 1.165) is 41.1 Å². The van der Waals surface area contributed by atoms with Gasteiger partial charge in [-0.1, -0.05) is 61.0 Å². The van der Waals surface area contributed by atoms with Crippen molar-refractivity contribution >= 4 is 29.3 Å². The lowest BCUT2D eigenvalue weighted by molar-refractivity contribution is -0.245. The molecule has 0 saturated carbocycles. The molecule has 0 spiro atoms. The molecule has 220 valence electrons. The number of aromatic nitrogens is 3. The zero-order valence-corrected chi connectivity index (χ0v) is 23.9. The second-order valence-electron chi connectivity index (χ2n) is 10.0. The average molecular weight is 584 g/mol. The summed E-state index contributed by atoms with van der Waals surface area (Å²) in [6, 6.07) is 15.3. The number of thioether (sulfide) groups is 1. The first-order chi connectivity index (χ1) is 19.9. The van der Waals surface area contributed by atoms with Crippen molar-refractivity contribution in [2.45, 2.75) is 75.2 Å². The van der Waals surface area contributed by atoms with E-state index >= 15 is 0 Å². The summed E-state index contributed by atoms with van der Waals surface area (Å²) in [6.45, 7) is -0.0110. The second-order valence-corrected chi connectivity index (χ2v) is 11.0. The Balaban J connectivity index is 1.33. The zero-order valence-electron chi connectivity index (χ0n) is 23.1. The first-order valence-corrected chi connectivity index (χ1v) is 14.7. The van der Waals surface area contributed by atoms with E-state index in [1.165, 1.54) is 0 Å². The number of aryl methyl sites for hydroxylation is 1. The summed E-state index contributed by atoms with van der Waals surface area (Å²) in [6.07, 6.45) is 5.19. The highest BCUT2D eigenvalue weighted by molar-refractivity contribution is 7.99. The molecule has 1 saturated heterocycles. The van der Waals surface area contributed by atoms with E-state index in [9.17, 15) is 14.7 Å². The summed E-state index contributed by atoms with van der Waals surface area (Å²) >= 11 is 1.58. The Kier molecular flexibility index (Phi) is 11.7. The SMILES string of the molecule is Cn1cnnc1SC[C@@H]1C[C@H](c2ccc(CO)cc2)O[C@H](c2ccc(NC(=O)CCCCCCC(=O)NO)cc2)O1. The van der Waals surface area contributed by atoms with E-state index < -0.39 is 6.29 Å². The van der Waals surface area contributed by atoms with Crippen LogP contribution in [0.4, 0.5) is 5.69 Å². The lowest BCUT2D eigenvalue weighted by Crippen LogP contribution is -2.31. The van der Waals surface area contributed by atoms with Crippen LogP contribution in [-0.2, 0) is 32.7 Å². The smallest absolute Gasteiger partial charge is 0.243 e. The van der Waals surface area contributed by atoms with Gasteiger partial charge in [0, 0.05) is 43.3 Å². The van der Waals surface area contributed by atoms with Gasteiger partial charge in [0.1, 0.15) is 6.33 Å². The number of anilines is 1. The van der Waals surface area contributed by atoms with Crippen LogP contribution >= 0.6 is 11.8 Å². The molecule has 4 N–H and O–H groups in total. The summed E-state index contributed by atoms with van der Waals surface area (Å²) in [5, 5.41) is 29.8. The van der Waals surface area contributed by atoms with Crippen molar-refractivity contribution in [3.8, 4) is 0 Å². The molecule has 1 aliphatic rings. The van der Waals surface area contributed by atoms with Crippen molar-refractivity contribution in [1.82, 2.24) is 20.2 Å². The molecule has 0 unspecified atom stereocenters. The molecule has 2 heterocycles. The lowest BCUT2D eigenvalue weighted by Gasteiger charge is -2.36. The van der Waals surface area contributed by atoms with Gasteiger partial charge < -0.3 is 24.5 Å². The standard InChI is InChI=1S/C29H37N5O6S/c1-34-19-30-32-29(34)41-18-24-16-25(21-10-8-20(17-35)9-11-21)40-28(39-24)22-12-14-23(15-13-22)31-26(36)6-4-2-3-5-7-27(37)33-38/h8-15,19,24-25,28,35,38H,2-7,16-18H2,1H3,(H,31,36)(H,33,37)/t24-,25+,28+/m0/s1. The van der Waals surface area contributed by atoms with E-state index in [1.54, 1.807) is 23.6 Å². The van der Waals surface area contributed by atoms with Crippen molar-refractivity contribution in [3.05, 3.63) is 71.5 Å². The number of carbonyl (C=O) groups excluding carboxylic acids is 2. The molecule has 2 amide bonds. The molecular weight excluding hydrogens is 546 g/mol. The Bertz CT molecular complexity index is 1250. The van der Waals surface area contributed by atoms with Gasteiger partial charge in [0.05, 0.1) is 18.8 Å². The fourth-order valence-electron chi connectivity index (χ4n) is 4.52. The van der Waals surface area contributed by atoms with Crippen molar-refractivity contribution < 1.29 is 29.4 Å². The molecule has 2 aromatic carbocycles. The van der Waals surface area contributed by atoms with Crippen molar-refractivity contribution in [3.63, 3.8) is 0 Å². The highest BCUT2D eigenvalue weighted by Gasteiger charge is 2.32. The highest BCUT2D eigenvalue weighted by Crippen LogP contribution is 2.39. The molecule has 0 aliphatic carbocycles. The van der Waals surface area contributed by atoms with Gasteiger partial charge in [-0.2, -0.15) is 0 Å². The van der Waals surface area contributed by atoms with Crippen LogP contribution < -0.4 is 10.8 Å². The molecule has 12 heteroatoms. The van der Waals surface area contributed by atoms with Crippen LogP contribution in [0.25, 0.3) is 0 Å². The van der Waals surface area contributed by atoms with Gasteiger partial charge in [0.25, 0.3) is 0 Å². The average Bonchev–Trinajstić information content (AvgIpc) is 3.42. The molecule has 4 rings (SSSR count). The molecule has 1 aromatic heterocycles. The number of benzene rings is 2. The summed E-state index contributed by atoms with van der Waals surface area (Å²) in [4.78, 5) is 23.4. The molecule has 11 nitrogen and oxygen atoms in total. The Morgan fingerprint density at radius 3 is 2.29 bits per heavy atom. The first kappa shape index (κ1) is 30.7. The first-order valence-electron chi connectivity index (χ1n) is 13.8. The van der Waals surface area contributed by atoms with Crippen molar-refractivity contribution in [1.29, 1.82) is 0 Å². The number of ether oxygens (including phenoxy) is 2. The maximum absolute atomic E-state index is 12.4. The number of hydroxylamine groups is 1. The monoisotopic (exact) mass is 583 g/mol. The third-order valence-electron chi connectivity index (χ3n) is 6.83. The fourth-order valence-corrected chi connectivity index (χ4v) is 5.43. The largest absolute Gasteiger partial charge is 0.392 e. The topological polar surface area (TPSA) is 148 Å². The molecule has 1 fully saturated rings. The minimum Gasteiger partial charge on any atom is -0.392 e. The Labute approximate surface area is 243 Å². The van der Waals surface area contributed by atoms with Crippen LogP contribution in [0.1, 0.15) is 74.0 Å². The fraction of sp³-hybridized carbons (Fsp3) is 0.448. The quantitative estimate of drug-likeness (QED) is 0.0936. The molecule has 3 aromatic rings. The third kappa shape index (κ3) is 9.37. The van der Waals surface area contributed by atoms with Gasteiger partial charge in [-0.05, 0) is 36.1 Å². The maximum Gasteiger partial charge on any atom is 0.243 e. The van der Waals surface area contributed by atoms with Crippen LogP contribution in [0.5, 0.6) is 0 Å². The van der Waals surface area contributed by atoms with E-state index in [4.69, 9.17) is 14.7 Å². The number of carbonyl (C=O) groups is 2. The summed E-state index contributed by atoms with van der Waals surface area (Å²) in [5.74, 6) is 0.225. The minimum absolute atomic E-state index is 0.0110. The molecule has 0 bridgehead atoms. The van der Waals surface area contributed by atoms with Crippen LogP contribution in [0, 0.1) is 0 Å². The number of aliphatic hydroxyl groups is 1. The molecule has 41 heavy (non-hydrogen) atoms. The van der Waals surface area contributed by atoms with Gasteiger partial charge in [0.15, 0.2) is 11.4 Å². The molecular formula is C29H37N5O6S. The molecule has 0 radical (unpaired) electrons. The van der Waals surface area contributed by atoms with Gasteiger partial charge >= 0.3 is 0 Å². The summed E-state index contributed by atoms with van der Waals surface area (Å²) in [5.41, 5.74) is 5.03. The van der Waals surface area contributed by atoms with E-state index in [0.29, 0.717) is 30.7 Å². The van der Waals surface area contributed by atoms with Crippen LogP contribution in [0.2, 0.25) is 0 Å². The third-order valence-corrected chi connectivity index (χ3v) is 8.00. The van der Waals surface area contributed by atoms with Crippen LogP contribution in [-0.4, -0.2) is 48.7 Å². The summed E-state index contributed by atoms with van der Waals surface area (Å²) < 4.78 is 14.6. The number of hydrogen-bond donors (Lipinski definition) is 4. The van der Waals surface area contributed by atoms with Crippen LogP contribution in [0.15, 0.2) is 60.0 Å². The number of amides is 2. The van der Waals surface area contributed by atoms with Gasteiger partial charge in [-0.25, -0.2) is 5.48 Å². The van der Waals surface area contributed by atoms with E-state index in [-0.39, 0.29) is 37.0 Å². The van der Waals surface area contributed by atoms with Gasteiger partial charge in [0.2, 0.25) is 11.8 Å². The maximum atomic E-state index is 12.4. The van der Waals surface area contributed by atoms with Crippen LogP contribution in [0.3, 0.4) is 0 Å². The van der Waals surface area contributed by atoms with Crippen molar-refractivity contribution in [2.75, 3.05) is 11.1 Å². The number of hydrogen-bond acceptors (Lipinski definition) is 9. The Hall–Kier alpha value is -3.29. The summed E-state index contributed by atoms with van der Waals surface area (Å²) in [7, 11) is 1.91. The molecule has 1 aliphatic heterocycles. The Morgan fingerprint density at radius 2 is 1.66 bits per heavy atom. The number of nitrogens with one attached hydrogen (secondary N) is 2. The number of unbranched alkanes of at least 4 members (excludes halogenated alkanes) is 3. The van der Waals surface area contributed by atoms with Crippen molar-refractivity contribution in [2.24, 2.45) is 7.05 Å². The predicted molar refractivity (Wildman–Crippen MR) is 153 cm³/mol. The predicted octanol–water partition coefficient (Wildman–Crippen LogP) is 4.43. The normalized spacial score (nSPS) is 18.7. The second kappa shape index (κ2) is 15.6. The molecule has 3 atom stereocenters. The Morgan fingerprint density at radius 1 is 0.976 bits per heavy atom. The van der Waals surface area contributed by atoms with E-state index in [1.807, 2.05) is 60.1 Å². The van der Waals surface area contributed by atoms with Gasteiger partial charge in [-0.15, -0.1) is 10.2 Å². The number of nitrogens with zero attached hydrogens (tertiary/aromatic N) is 3. The van der Waals surface area contributed by atoms with Gasteiger partial charge in [-0.3, -0.25) is 14.8 Å². The zero-order chi connectivity index (χ0) is 29.0.